The van der Waals surface area contributed by atoms with Crippen molar-refractivity contribution in [1.82, 2.24) is 4.98 Å². The number of aromatic nitrogens is 1. The Bertz CT molecular complexity index is 548. The Kier molecular flexibility index (Phi) is 3.40. The number of benzene rings is 1. The van der Waals surface area contributed by atoms with Gasteiger partial charge in [0.05, 0.1) is 5.69 Å². The van der Waals surface area contributed by atoms with Gasteiger partial charge in [-0.05, 0) is 37.1 Å². The molecule has 1 aromatic carbocycles. The molecular formula is C13H15ClN2S. The summed E-state index contributed by atoms with van der Waals surface area (Å²) in [5.74, 6) is 0.281. The molecule has 0 radical (unpaired) electrons. The molecule has 2 nitrogen and oxygen atoms in total. The van der Waals surface area contributed by atoms with Crippen molar-refractivity contribution in [3.63, 3.8) is 0 Å². The van der Waals surface area contributed by atoms with Gasteiger partial charge in [-0.1, -0.05) is 24.6 Å². The number of hydrogen-bond acceptors (Lipinski definition) is 3. The second kappa shape index (κ2) is 4.67. The van der Waals surface area contributed by atoms with Crippen LogP contribution in [0.5, 0.6) is 0 Å². The van der Waals surface area contributed by atoms with Crippen molar-refractivity contribution in [1.29, 1.82) is 0 Å². The lowest BCUT2D eigenvalue weighted by Gasteiger charge is -2.14. The fourth-order valence-corrected chi connectivity index (χ4v) is 3.14. The Morgan fingerprint density at radius 2 is 2.06 bits per heavy atom. The van der Waals surface area contributed by atoms with Crippen molar-refractivity contribution in [2.45, 2.75) is 26.7 Å². The lowest BCUT2D eigenvalue weighted by molar-refractivity contribution is 0.915. The minimum Gasteiger partial charge on any atom is -0.375 e. The van der Waals surface area contributed by atoms with Crippen molar-refractivity contribution in [2.75, 3.05) is 5.73 Å². The summed E-state index contributed by atoms with van der Waals surface area (Å²) < 4.78 is 0. The van der Waals surface area contributed by atoms with Crippen LogP contribution in [-0.4, -0.2) is 4.98 Å². The van der Waals surface area contributed by atoms with Crippen molar-refractivity contribution in [3.05, 3.63) is 44.9 Å². The van der Waals surface area contributed by atoms with Crippen LogP contribution in [0.4, 0.5) is 5.13 Å². The van der Waals surface area contributed by atoms with Crippen molar-refractivity contribution >= 4 is 28.1 Å². The number of aryl methyl sites for hydroxylation is 2. The summed E-state index contributed by atoms with van der Waals surface area (Å²) in [5.41, 5.74) is 9.24. The van der Waals surface area contributed by atoms with Crippen LogP contribution in [0, 0.1) is 13.8 Å². The van der Waals surface area contributed by atoms with Crippen molar-refractivity contribution in [2.24, 2.45) is 0 Å². The van der Waals surface area contributed by atoms with Crippen LogP contribution in [0.3, 0.4) is 0 Å². The third-order valence-corrected chi connectivity index (χ3v) is 4.35. The van der Waals surface area contributed by atoms with Crippen LogP contribution in [0.2, 0.25) is 5.02 Å². The van der Waals surface area contributed by atoms with Crippen LogP contribution >= 0.6 is 22.9 Å². The number of anilines is 1. The van der Waals surface area contributed by atoms with Gasteiger partial charge in [0.2, 0.25) is 0 Å². The third-order valence-electron chi connectivity index (χ3n) is 2.95. The highest BCUT2D eigenvalue weighted by Gasteiger charge is 2.17. The average Bonchev–Trinajstić information content (AvgIpc) is 2.60. The smallest absolute Gasteiger partial charge is 0.180 e. The van der Waals surface area contributed by atoms with E-state index in [1.165, 1.54) is 16.0 Å². The largest absolute Gasteiger partial charge is 0.375 e. The highest BCUT2D eigenvalue weighted by molar-refractivity contribution is 7.15. The predicted octanol–water partition coefficient (Wildman–Crippen LogP) is 4.15. The molecular weight excluding hydrogens is 252 g/mol. The number of halogens is 1. The molecule has 17 heavy (non-hydrogen) atoms. The van der Waals surface area contributed by atoms with E-state index in [0.29, 0.717) is 5.13 Å². The van der Waals surface area contributed by atoms with E-state index in [0.717, 1.165) is 10.7 Å². The van der Waals surface area contributed by atoms with Gasteiger partial charge in [0.15, 0.2) is 5.13 Å². The Morgan fingerprint density at radius 3 is 2.65 bits per heavy atom. The topological polar surface area (TPSA) is 38.9 Å². The number of nitrogen functional groups attached to an aromatic ring is 1. The molecule has 0 spiro atoms. The van der Waals surface area contributed by atoms with Gasteiger partial charge in [0, 0.05) is 15.8 Å². The first-order chi connectivity index (χ1) is 7.99. The van der Waals surface area contributed by atoms with Crippen LogP contribution < -0.4 is 5.73 Å². The monoisotopic (exact) mass is 266 g/mol. The summed E-state index contributed by atoms with van der Waals surface area (Å²) >= 11 is 7.61. The predicted molar refractivity (Wildman–Crippen MR) is 75.0 cm³/mol. The van der Waals surface area contributed by atoms with Crippen LogP contribution in [0.25, 0.3) is 0 Å². The molecule has 0 saturated heterocycles. The lowest BCUT2D eigenvalue weighted by Crippen LogP contribution is -1.98. The van der Waals surface area contributed by atoms with E-state index >= 15 is 0 Å². The molecule has 1 aromatic heterocycles. The molecule has 0 saturated carbocycles. The lowest BCUT2D eigenvalue weighted by atomic mass is 9.94. The van der Waals surface area contributed by atoms with Gasteiger partial charge in [-0.2, -0.15) is 0 Å². The molecule has 0 aliphatic carbocycles. The molecule has 1 atom stereocenters. The minimum atomic E-state index is 0.281. The molecule has 4 heteroatoms. The minimum absolute atomic E-state index is 0.281. The first-order valence-electron chi connectivity index (χ1n) is 5.48. The standard InChI is InChI=1S/C13H15ClN2S/c1-7-4-5-10(14)6-11(7)8(2)12-9(3)16-13(15)17-12/h4-6,8H,1-3H3,(H2,15,16). The van der Waals surface area contributed by atoms with E-state index in [1.807, 2.05) is 25.1 Å². The van der Waals surface area contributed by atoms with Crippen LogP contribution in [-0.2, 0) is 0 Å². The molecule has 2 N–H and O–H groups in total. The molecule has 0 amide bonds. The molecule has 0 aliphatic heterocycles. The van der Waals surface area contributed by atoms with E-state index < -0.39 is 0 Å². The number of nitrogens with two attached hydrogens (primary N) is 1. The number of thiazole rings is 1. The average molecular weight is 267 g/mol. The second-order valence-electron chi connectivity index (χ2n) is 4.22. The summed E-state index contributed by atoms with van der Waals surface area (Å²) in [6.45, 7) is 6.26. The molecule has 90 valence electrons. The summed E-state index contributed by atoms with van der Waals surface area (Å²) in [6, 6.07) is 5.99. The highest BCUT2D eigenvalue weighted by atomic mass is 35.5. The molecule has 1 heterocycles. The van der Waals surface area contributed by atoms with E-state index in [1.54, 1.807) is 11.3 Å². The molecule has 2 aromatic rings. The maximum atomic E-state index is 6.06. The van der Waals surface area contributed by atoms with Crippen molar-refractivity contribution in [3.8, 4) is 0 Å². The van der Waals surface area contributed by atoms with E-state index in [2.05, 4.69) is 18.8 Å². The van der Waals surface area contributed by atoms with Gasteiger partial charge >= 0.3 is 0 Å². The Hall–Kier alpha value is -1.06. The Balaban J connectivity index is 2.46. The van der Waals surface area contributed by atoms with Gasteiger partial charge in [0.25, 0.3) is 0 Å². The maximum absolute atomic E-state index is 6.06. The highest BCUT2D eigenvalue weighted by Crippen LogP contribution is 2.34. The number of nitrogens with zero attached hydrogens (tertiary/aromatic N) is 1. The maximum Gasteiger partial charge on any atom is 0.180 e. The van der Waals surface area contributed by atoms with Crippen LogP contribution in [0.1, 0.15) is 34.5 Å². The van der Waals surface area contributed by atoms with E-state index in [4.69, 9.17) is 17.3 Å². The summed E-state index contributed by atoms with van der Waals surface area (Å²) in [6.07, 6.45) is 0. The van der Waals surface area contributed by atoms with Gasteiger partial charge in [-0.3, -0.25) is 0 Å². The number of rotatable bonds is 2. The quantitative estimate of drug-likeness (QED) is 0.887. The molecule has 0 fully saturated rings. The van der Waals surface area contributed by atoms with E-state index in [9.17, 15) is 0 Å². The Labute approximate surface area is 110 Å². The molecule has 1 unspecified atom stereocenters. The molecule has 0 aliphatic rings. The van der Waals surface area contributed by atoms with Gasteiger partial charge in [-0.15, -0.1) is 11.3 Å². The number of hydrogen-bond donors (Lipinski definition) is 1. The fraction of sp³-hybridized carbons (Fsp3) is 0.308. The van der Waals surface area contributed by atoms with Gasteiger partial charge < -0.3 is 5.73 Å². The van der Waals surface area contributed by atoms with Crippen molar-refractivity contribution < 1.29 is 0 Å². The third kappa shape index (κ3) is 2.45. The Morgan fingerprint density at radius 1 is 1.35 bits per heavy atom. The molecule has 2 rings (SSSR count). The zero-order chi connectivity index (χ0) is 12.6. The van der Waals surface area contributed by atoms with E-state index in [-0.39, 0.29) is 5.92 Å². The first kappa shape index (κ1) is 12.4. The normalized spacial score (nSPS) is 12.7. The van der Waals surface area contributed by atoms with Gasteiger partial charge in [-0.25, -0.2) is 4.98 Å². The zero-order valence-electron chi connectivity index (χ0n) is 10.1. The summed E-state index contributed by atoms with van der Waals surface area (Å²) in [5, 5.41) is 1.40. The second-order valence-corrected chi connectivity index (χ2v) is 5.72. The summed E-state index contributed by atoms with van der Waals surface area (Å²) in [4.78, 5) is 5.49. The summed E-state index contributed by atoms with van der Waals surface area (Å²) in [7, 11) is 0. The molecule has 0 bridgehead atoms. The van der Waals surface area contributed by atoms with Gasteiger partial charge in [0.1, 0.15) is 0 Å². The first-order valence-corrected chi connectivity index (χ1v) is 6.67. The fourth-order valence-electron chi connectivity index (χ4n) is 2.05. The van der Waals surface area contributed by atoms with Crippen LogP contribution in [0.15, 0.2) is 18.2 Å². The zero-order valence-corrected chi connectivity index (χ0v) is 11.7. The SMILES string of the molecule is Cc1ccc(Cl)cc1C(C)c1sc(N)nc1C.